The minimum absolute atomic E-state index is 0.0192. The average molecular weight is 435 g/mol. The van der Waals surface area contributed by atoms with Gasteiger partial charge in [-0.2, -0.15) is 0 Å². The second-order valence-corrected chi connectivity index (χ2v) is 7.92. The van der Waals surface area contributed by atoms with Gasteiger partial charge in [0.2, 0.25) is 0 Å². The number of carbonyl (C=O) groups is 1. The number of piperidine rings is 1. The predicted octanol–water partition coefficient (Wildman–Crippen LogP) is 4.78. The summed E-state index contributed by atoms with van der Waals surface area (Å²) in [5, 5.41) is 3.06. The Bertz CT molecular complexity index is 986. The van der Waals surface area contributed by atoms with Crippen molar-refractivity contribution in [2.75, 3.05) is 19.7 Å². The van der Waals surface area contributed by atoms with Crippen molar-refractivity contribution < 1.29 is 18.7 Å². The van der Waals surface area contributed by atoms with Gasteiger partial charge in [0.1, 0.15) is 23.1 Å². The summed E-state index contributed by atoms with van der Waals surface area (Å²) in [5.41, 5.74) is 1.10. The highest BCUT2D eigenvalue weighted by atomic mass is 19.1. The molecule has 166 valence electrons. The first-order valence-electron chi connectivity index (χ1n) is 10.9. The van der Waals surface area contributed by atoms with E-state index >= 15 is 0 Å². The van der Waals surface area contributed by atoms with Crippen LogP contribution < -0.4 is 14.8 Å². The number of halogens is 1. The molecule has 0 aromatic heterocycles. The third-order valence-electron chi connectivity index (χ3n) is 5.44. The molecule has 1 heterocycles. The summed E-state index contributed by atoms with van der Waals surface area (Å²) in [6, 6.07) is 23.5. The fourth-order valence-corrected chi connectivity index (χ4v) is 3.73. The Morgan fingerprint density at radius 2 is 1.50 bits per heavy atom. The number of ether oxygens (including phenoxy) is 2. The van der Waals surface area contributed by atoms with E-state index < -0.39 is 0 Å². The molecule has 1 aliphatic heterocycles. The van der Waals surface area contributed by atoms with E-state index in [9.17, 15) is 9.18 Å². The van der Waals surface area contributed by atoms with Crippen LogP contribution in [0.1, 0.15) is 18.4 Å². The van der Waals surface area contributed by atoms with Crippen molar-refractivity contribution in [3.05, 3.63) is 90.2 Å². The molecule has 4 rings (SSSR count). The maximum absolute atomic E-state index is 13.0. The van der Waals surface area contributed by atoms with E-state index in [-0.39, 0.29) is 24.4 Å². The quantitative estimate of drug-likeness (QED) is 0.555. The zero-order valence-electron chi connectivity index (χ0n) is 17.9. The molecule has 0 bridgehead atoms. The van der Waals surface area contributed by atoms with Gasteiger partial charge in [-0.05, 0) is 66.9 Å². The summed E-state index contributed by atoms with van der Waals surface area (Å²) in [5.74, 6) is 1.76. The van der Waals surface area contributed by atoms with Gasteiger partial charge in [0.05, 0.1) is 0 Å². The lowest BCUT2D eigenvalue weighted by Gasteiger charge is -2.32. The van der Waals surface area contributed by atoms with Gasteiger partial charge in [-0.25, -0.2) is 4.39 Å². The first kappa shape index (κ1) is 21.8. The van der Waals surface area contributed by atoms with E-state index in [2.05, 4.69) is 10.2 Å². The van der Waals surface area contributed by atoms with Gasteiger partial charge in [-0.1, -0.05) is 30.3 Å². The lowest BCUT2D eigenvalue weighted by Crippen LogP contribution is -2.45. The molecule has 0 saturated carbocycles. The Morgan fingerprint density at radius 3 is 2.19 bits per heavy atom. The molecular formula is C26H27FN2O3. The van der Waals surface area contributed by atoms with Gasteiger partial charge >= 0.3 is 0 Å². The van der Waals surface area contributed by atoms with Crippen molar-refractivity contribution in [1.82, 2.24) is 10.2 Å². The average Bonchev–Trinajstić information content (AvgIpc) is 2.82. The Morgan fingerprint density at radius 1 is 0.875 bits per heavy atom. The molecule has 5 nitrogen and oxygen atoms in total. The highest BCUT2D eigenvalue weighted by Crippen LogP contribution is 2.23. The molecule has 1 fully saturated rings. The number of hydrogen-bond acceptors (Lipinski definition) is 4. The van der Waals surface area contributed by atoms with Crippen molar-refractivity contribution in [3.63, 3.8) is 0 Å². The summed E-state index contributed by atoms with van der Waals surface area (Å²) in [7, 11) is 0. The zero-order chi connectivity index (χ0) is 22.2. The van der Waals surface area contributed by atoms with Gasteiger partial charge < -0.3 is 14.8 Å². The Balaban J connectivity index is 1.16. The molecule has 0 atom stereocenters. The van der Waals surface area contributed by atoms with Crippen LogP contribution >= 0.6 is 0 Å². The second-order valence-electron chi connectivity index (χ2n) is 7.92. The molecule has 0 aliphatic carbocycles. The number of amides is 1. The van der Waals surface area contributed by atoms with Crippen molar-refractivity contribution in [3.8, 4) is 17.2 Å². The van der Waals surface area contributed by atoms with Gasteiger partial charge in [0, 0.05) is 25.7 Å². The highest BCUT2D eigenvalue weighted by molar-refractivity contribution is 5.77. The van der Waals surface area contributed by atoms with Gasteiger partial charge in [-0.15, -0.1) is 0 Å². The zero-order valence-corrected chi connectivity index (χ0v) is 17.9. The summed E-state index contributed by atoms with van der Waals surface area (Å²) in [4.78, 5) is 14.6. The molecule has 6 heteroatoms. The van der Waals surface area contributed by atoms with E-state index in [1.165, 1.54) is 12.1 Å². The first-order valence-corrected chi connectivity index (χ1v) is 10.9. The minimum Gasteiger partial charge on any atom is -0.484 e. The van der Waals surface area contributed by atoms with Crippen LogP contribution in [0.5, 0.6) is 17.2 Å². The smallest absolute Gasteiger partial charge is 0.258 e. The van der Waals surface area contributed by atoms with Crippen LogP contribution in [0.15, 0.2) is 78.9 Å². The van der Waals surface area contributed by atoms with Crippen LogP contribution in [0.4, 0.5) is 4.39 Å². The van der Waals surface area contributed by atoms with E-state index in [0.29, 0.717) is 11.5 Å². The first-order chi connectivity index (χ1) is 15.6. The monoisotopic (exact) mass is 434 g/mol. The summed E-state index contributed by atoms with van der Waals surface area (Å²) < 4.78 is 24.4. The molecule has 1 saturated heterocycles. The van der Waals surface area contributed by atoms with Gasteiger partial charge in [-0.3, -0.25) is 9.69 Å². The Kier molecular flexibility index (Phi) is 7.35. The third-order valence-corrected chi connectivity index (χ3v) is 5.44. The molecule has 0 radical (unpaired) electrons. The lowest BCUT2D eigenvalue weighted by molar-refractivity contribution is -0.124. The molecule has 0 unspecified atom stereocenters. The number of para-hydroxylation sites is 1. The number of nitrogens with zero attached hydrogens (tertiary/aromatic N) is 1. The summed E-state index contributed by atoms with van der Waals surface area (Å²) in [6.45, 7) is 2.57. The number of rotatable bonds is 8. The van der Waals surface area contributed by atoms with Gasteiger partial charge in [0.15, 0.2) is 6.61 Å². The van der Waals surface area contributed by atoms with E-state index in [1.54, 1.807) is 12.1 Å². The maximum atomic E-state index is 13.0. The van der Waals surface area contributed by atoms with Crippen LogP contribution in [0.3, 0.4) is 0 Å². The number of benzene rings is 3. The number of likely N-dealkylation sites (tertiary alicyclic amines) is 1. The van der Waals surface area contributed by atoms with Crippen LogP contribution in [-0.4, -0.2) is 36.5 Å². The number of nitrogens with one attached hydrogen (secondary N) is 1. The highest BCUT2D eigenvalue weighted by Gasteiger charge is 2.21. The maximum Gasteiger partial charge on any atom is 0.258 e. The Hall–Kier alpha value is -3.38. The molecule has 1 aliphatic rings. The molecule has 1 amide bonds. The summed E-state index contributed by atoms with van der Waals surface area (Å²) >= 11 is 0. The van der Waals surface area contributed by atoms with Crippen molar-refractivity contribution in [1.29, 1.82) is 0 Å². The van der Waals surface area contributed by atoms with Gasteiger partial charge in [0.25, 0.3) is 5.91 Å². The van der Waals surface area contributed by atoms with Crippen molar-refractivity contribution >= 4 is 5.91 Å². The largest absolute Gasteiger partial charge is 0.484 e. The minimum atomic E-state index is -0.214. The summed E-state index contributed by atoms with van der Waals surface area (Å²) in [6.07, 6.45) is 1.77. The molecule has 0 spiro atoms. The molecule has 3 aromatic rings. The predicted molar refractivity (Wildman–Crippen MR) is 121 cm³/mol. The number of carbonyl (C=O) groups excluding carboxylic acids is 1. The molecule has 3 aromatic carbocycles. The molecule has 32 heavy (non-hydrogen) atoms. The van der Waals surface area contributed by atoms with Crippen LogP contribution in [0.25, 0.3) is 0 Å². The fourth-order valence-electron chi connectivity index (χ4n) is 3.73. The van der Waals surface area contributed by atoms with Crippen LogP contribution in [0.2, 0.25) is 0 Å². The Labute approximate surface area is 187 Å². The van der Waals surface area contributed by atoms with Crippen molar-refractivity contribution in [2.24, 2.45) is 0 Å². The topological polar surface area (TPSA) is 50.8 Å². The van der Waals surface area contributed by atoms with Crippen molar-refractivity contribution in [2.45, 2.75) is 25.4 Å². The molecular weight excluding hydrogens is 407 g/mol. The SMILES string of the molecule is O=C(COc1ccc(Oc2ccccc2)cc1)NC1CCN(Cc2ccc(F)cc2)CC1. The van der Waals surface area contributed by atoms with E-state index in [0.717, 1.165) is 43.8 Å². The lowest BCUT2D eigenvalue weighted by atomic mass is 10.0. The van der Waals surface area contributed by atoms with Crippen LogP contribution in [-0.2, 0) is 11.3 Å². The van der Waals surface area contributed by atoms with E-state index in [4.69, 9.17) is 9.47 Å². The standard InChI is InChI=1S/C26H27FN2O3/c27-21-8-6-20(7-9-21)18-29-16-14-22(15-17-29)28-26(30)19-31-23-10-12-25(13-11-23)32-24-4-2-1-3-5-24/h1-13,22H,14-19H2,(H,28,30). The van der Waals surface area contributed by atoms with E-state index in [1.807, 2.05) is 54.6 Å². The molecule has 1 N–H and O–H groups in total. The third kappa shape index (κ3) is 6.56. The fraction of sp³-hybridized carbons (Fsp3) is 0.269. The second kappa shape index (κ2) is 10.8. The number of hydrogen-bond donors (Lipinski definition) is 1. The normalized spacial score (nSPS) is 14.7. The van der Waals surface area contributed by atoms with Crippen LogP contribution in [0, 0.1) is 5.82 Å².